The number of hydrogen-bond donors (Lipinski definition) is 2. The highest BCUT2D eigenvalue weighted by molar-refractivity contribution is 9.10. The first-order chi connectivity index (χ1) is 9.48. The molecule has 0 aliphatic heterocycles. The number of furan rings is 1. The minimum atomic E-state index is -1.06. The molecule has 20 heavy (non-hydrogen) atoms. The molecule has 0 aliphatic rings. The van der Waals surface area contributed by atoms with Gasteiger partial charge in [0.15, 0.2) is 0 Å². The molecule has 1 aromatic carbocycles. The average molecular weight is 338 g/mol. The average Bonchev–Trinajstić information content (AvgIpc) is 2.89. The number of amides is 1. The molecule has 1 heterocycles. The van der Waals surface area contributed by atoms with Gasteiger partial charge in [-0.1, -0.05) is 12.1 Å². The zero-order chi connectivity index (χ0) is 14.6. The fourth-order valence-corrected chi connectivity index (χ4v) is 2.33. The Kier molecular flexibility index (Phi) is 4.62. The van der Waals surface area contributed by atoms with Crippen molar-refractivity contribution in [1.29, 1.82) is 0 Å². The summed E-state index contributed by atoms with van der Waals surface area (Å²) in [6.07, 6.45) is 1.90. The smallest absolute Gasteiger partial charge is 0.252 e. The molecule has 106 valence electrons. The van der Waals surface area contributed by atoms with Gasteiger partial charge in [0, 0.05) is 17.4 Å². The van der Waals surface area contributed by atoms with Crippen molar-refractivity contribution in [1.82, 2.24) is 5.32 Å². The standard InChI is InChI=1S/C15H16BrNO3/c1-15(19,9-11-5-4-8-20-11)10-17-14(18)12-6-2-3-7-13(12)16/h2-8,19H,9-10H2,1H3,(H,17,18)/t15-/m1/s1. The van der Waals surface area contributed by atoms with Crippen LogP contribution in [0.2, 0.25) is 0 Å². The molecule has 0 unspecified atom stereocenters. The monoisotopic (exact) mass is 337 g/mol. The summed E-state index contributed by atoms with van der Waals surface area (Å²) in [5.74, 6) is 0.460. The highest BCUT2D eigenvalue weighted by atomic mass is 79.9. The van der Waals surface area contributed by atoms with Crippen molar-refractivity contribution in [2.24, 2.45) is 0 Å². The number of hydrogen-bond acceptors (Lipinski definition) is 3. The second kappa shape index (κ2) is 6.24. The molecule has 0 spiro atoms. The van der Waals surface area contributed by atoms with Crippen LogP contribution < -0.4 is 5.32 Å². The second-order valence-electron chi connectivity index (χ2n) is 4.92. The summed E-state index contributed by atoms with van der Waals surface area (Å²) < 4.78 is 5.92. The van der Waals surface area contributed by atoms with Gasteiger partial charge in [0.05, 0.1) is 17.4 Å². The summed E-state index contributed by atoms with van der Waals surface area (Å²) in [6.45, 7) is 1.81. The van der Waals surface area contributed by atoms with E-state index in [1.54, 1.807) is 43.5 Å². The van der Waals surface area contributed by atoms with Crippen LogP contribution in [-0.4, -0.2) is 23.2 Å². The summed E-state index contributed by atoms with van der Waals surface area (Å²) in [5.41, 5.74) is -0.518. The maximum atomic E-state index is 12.0. The third kappa shape index (κ3) is 3.95. The van der Waals surface area contributed by atoms with Gasteiger partial charge in [0.2, 0.25) is 0 Å². The Balaban J connectivity index is 1.94. The van der Waals surface area contributed by atoms with E-state index >= 15 is 0 Å². The van der Waals surface area contributed by atoms with E-state index in [-0.39, 0.29) is 12.5 Å². The fourth-order valence-electron chi connectivity index (χ4n) is 1.86. The van der Waals surface area contributed by atoms with Gasteiger partial charge in [-0.15, -0.1) is 0 Å². The lowest BCUT2D eigenvalue weighted by Gasteiger charge is -2.22. The Morgan fingerprint density at radius 1 is 1.35 bits per heavy atom. The lowest BCUT2D eigenvalue weighted by atomic mass is 10.0. The van der Waals surface area contributed by atoms with Crippen molar-refractivity contribution in [3.8, 4) is 0 Å². The molecular formula is C15H16BrNO3. The Bertz CT molecular complexity index is 579. The lowest BCUT2D eigenvalue weighted by Crippen LogP contribution is -2.42. The normalized spacial score (nSPS) is 13.8. The van der Waals surface area contributed by atoms with Gasteiger partial charge in [0.1, 0.15) is 5.76 Å². The van der Waals surface area contributed by atoms with Crippen molar-refractivity contribution >= 4 is 21.8 Å². The summed E-state index contributed by atoms with van der Waals surface area (Å²) in [5, 5.41) is 13.0. The molecule has 2 rings (SSSR count). The van der Waals surface area contributed by atoms with Gasteiger partial charge in [-0.25, -0.2) is 0 Å². The number of rotatable bonds is 5. The van der Waals surface area contributed by atoms with Crippen molar-refractivity contribution in [2.75, 3.05) is 6.54 Å². The molecule has 0 fully saturated rings. The molecule has 2 aromatic rings. The van der Waals surface area contributed by atoms with E-state index < -0.39 is 5.60 Å². The van der Waals surface area contributed by atoms with Gasteiger partial charge in [-0.2, -0.15) is 0 Å². The van der Waals surface area contributed by atoms with Crippen LogP contribution in [0.1, 0.15) is 23.0 Å². The summed E-state index contributed by atoms with van der Waals surface area (Å²) in [4.78, 5) is 12.0. The largest absolute Gasteiger partial charge is 0.469 e. The highest BCUT2D eigenvalue weighted by Gasteiger charge is 2.23. The zero-order valence-corrected chi connectivity index (χ0v) is 12.7. The molecule has 1 aromatic heterocycles. The van der Waals surface area contributed by atoms with Crippen LogP contribution in [0.25, 0.3) is 0 Å². The first-order valence-corrected chi connectivity index (χ1v) is 7.05. The molecule has 5 heteroatoms. The van der Waals surface area contributed by atoms with Crippen LogP contribution in [0.15, 0.2) is 51.6 Å². The molecule has 0 saturated heterocycles. The molecule has 2 N–H and O–H groups in total. The lowest BCUT2D eigenvalue weighted by molar-refractivity contribution is 0.0510. The number of aliphatic hydroxyl groups is 1. The third-order valence-electron chi connectivity index (χ3n) is 2.88. The number of nitrogens with one attached hydrogen (secondary N) is 1. The number of halogens is 1. The van der Waals surface area contributed by atoms with Crippen molar-refractivity contribution < 1.29 is 14.3 Å². The highest BCUT2D eigenvalue weighted by Crippen LogP contribution is 2.16. The Morgan fingerprint density at radius 3 is 2.75 bits per heavy atom. The number of carbonyl (C=O) groups is 1. The summed E-state index contributed by atoms with van der Waals surface area (Å²) >= 11 is 3.33. The van der Waals surface area contributed by atoms with Crippen LogP contribution >= 0.6 is 15.9 Å². The maximum absolute atomic E-state index is 12.0. The van der Waals surface area contributed by atoms with Crippen LogP contribution in [-0.2, 0) is 6.42 Å². The topological polar surface area (TPSA) is 62.5 Å². The van der Waals surface area contributed by atoms with E-state index in [1.165, 1.54) is 0 Å². The fraction of sp³-hybridized carbons (Fsp3) is 0.267. The summed E-state index contributed by atoms with van der Waals surface area (Å²) in [6, 6.07) is 10.7. The van der Waals surface area contributed by atoms with Crippen molar-refractivity contribution in [3.63, 3.8) is 0 Å². The molecule has 4 nitrogen and oxygen atoms in total. The van der Waals surface area contributed by atoms with Gasteiger partial charge in [-0.3, -0.25) is 4.79 Å². The summed E-state index contributed by atoms with van der Waals surface area (Å²) in [7, 11) is 0. The maximum Gasteiger partial charge on any atom is 0.252 e. The molecule has 1 atom stereocenters. The van der Waals surface area contributed by atoms with E-state index in [9.17, 15) is 9.90 Å². The van der Waals surface area contributed by atoms with Gasteiger partial charge >= 0.3 is 0 Å². The third-order valence-corrected chi connectivity index (χ3v) is 3.57. The Labute approximate surface area is 125 Å². The molecule has 0 radical (unpaired) electrons. The van der Waals surface area contributed by atoms with Crippen molar-refractivity contribution in [3.05, 3.63) is 58.5 Å². The molecular weight excluding hydrogens is 322 g/mol. The second-order valence-corrected chi connectivity index (χ2v) is 5.77. The molecule has 0 aliphatic carbocycles. The molecule has 0 saturated carbocycles. The minimum absolute atomic E-state index is 0.147. The van der Waals surface area contributed by atoms with Crippen LogP contribution in [0.4, 0.5) is 0 Å². The van der Waals surface area contributed by atoms with Gasteiger partial charge in [0.25, 0.3) is 5.91 Å². The van der Waals surface area contributed by atoms with E-state index in [0.29, 0.717) is 17.7 Å². The molecule has 1 amide bonds. The Hall–Kier alpha value is -1.59. The minimum Gasteiger partial charge on any atom is -0.469 e. The molecule has 0 bridgehead atoms. The van der Waals surface area contributed by atoms with Crippen LogP contribution in [0, 0.1) is 0 Å². The van der Waals surface area contributed by atoms with E-state index in [2.05, 4.69) is 21.2 Å². The predicted octanol–water partition coefficient (Wildman–Crippen LogP) is 2.77. The van der Waals surface area contributed by atoms with Crippen LogP contribution in [0.5, 0.6) is 0 Å². The van der Waals surface area contributed by atoms with E-state index in [1.807, 2.05) is 6.07 Å². The number of benzene rings is 1. The zero-order valence-electron chi connectivity index (χ0n) is 11.1. The van der Waals surface area contributed by atoms with E-state index in [4.69, 9.17) is 4.42 Å². The van der Waals surface area contributed by atoms with Crippen LogP contribution in [0.3, 0.4) is 0 Å². The first kappa shape index (κ1) is 14.8. The van der Waals surface area contributed by atoms with Crippen molar-refractivity contribution in [2.45, 2.75) is 18.9 Å². The SMILES string of the molecule is C[C@](O)(CNC(=O)c1ccccc1Br)Cc1ccco1. The predicted molar refractivity (Wildman–Crippen MR) is 79.5 cm³/mol. The van der Waals surface area contributed by atoms with E-state index in [0.717, 1.165) is 4.47 Å². The quantitative estimate of drug-likeness (QED) is 0.881. The number of carbonyl (C=O) groups excluding carboxylic acids is 1. The van der Waals surface area contributed by atoms with Gasteiger partial charge in [-0.05, 0) is 47.1 Å². The van der Waals surface area contributed by atoms with Gasteiger partial charge < -0.3 is 14.8 Å². The Morgan fingerprint density at radius 2 is 2.10 bits per heavy atom. The first-order valence-electron chi connectivity index (χ1n) is 6.25.